The van der Waals surface area contributed by atoms with Crippen molar-refractivity contribution in [1.82, 2.24) is 4.57 Å². The van der Waals surface area contributed by atoms with Gasteiger partial charge in [0.1, 0.15) is 0 Å². The molecule has 0 saturated heterocycles. The second kappa shape index (κ2) is 3.13. The zero-order chi connectivity index (χ0) is 10.0. The number of nitrogens with zero attached hydrogens (tertiary/aromatic N) is 2. The van der Waals surface area contributed by atoms with Crippen LogP contribution in [-0.4, -0.2) is 9.49 Å². The molecule has 1 N–H and O–H groups in total. The van der Waals surface area contributed by atoms with E-state index in [4.69, 9.17) is 0 Å². The van der Waals surface area contributed by atoms with Crippen molar-refractivity contribution in [3.8, 4) is 0 Å². The summed E-state index contributed by atoms with van der Waals surface area (Å²) in [6.07, 6.45) is 1.18. The summed E-state index contributed by atoms with van der Waals surface area (Å²) in [5, 5.41) is 11.8. The maximum absolute atomic E-state index is 11.1. The van der Waals surface area contributed by atoms with Crippen LogP contribution in [0.15, 0.2) is 17.1 Å². The predicted molar refractivity (Wildman–Crippen MR) is 42.3 cm³/mol. The standard InChI is InChI=1S/C6H5N3O4/c1-8-3-4(7-11)2-5(6(8)10)9(12)13/h2-3H,1H3/p+1. The van der Waals surface area contributed by atoms with Crippen LogP contribution >= 0.6 is 0 Å². The maximum Gasteiger partial charge on any atom is 0.340 e. The van der Waals surface area contributed by atoms with Gasteiger partial charge in [0.05, 0.1) is 17.2 Å². The molecule has 0 amide bonds. The zero-order valence-electron chi connectivity index (χ0n) is 6.68. The molecular weight excluding hydrogens is 178 g/mol. The zero-order valence-corrected chi connectivity index (χ0v) is 6.68. The number of aryl methyl sites for hydroxylation is 1. The minimum atomic E-state index is -0.830. The molecule has 0 aliphatic carbocycles. The fraction of sp³-hybridized carbons (Fsp3) is 0.167. The molecule has 13 heavy (non-hydrogen) atoms. The van der Waals surface area contributed by atoms with Gasteiger partial charge in [-0.2, -0.15) is 0 Å². The summed E-state index contributed by atoms with van der Waals surface area (Å²) >= 11 is 0. The molecule has 0 aliphatic heterocycles. The molecule has 7 nitrogen and oxygen atoms in total. The molecular formula is C6H6N3O4+. The second-order valence-electron chi connectivity index (χ2n) is 2.39. The summed E-state index contributed by atoms with van der Waals surface area (Å²) in [6, 6.07) is 0.898. The van der Waals surface area contributed by atoms with Gasteiger partial charge in [-0.05, 0) is 0 Å². The first kappa shape index (κ1) is 9.04. The molecule has 0 saturated carbocycles. The number of hydrogen-bond donors (Lipinski definition) is 1. The van der Waals surface area contributed by atoms with Crippen LogP contribution in [0.2, 0.25) is 0 Å². The van der Waals surface area contributed by atoms with Gasteiger partial charge < -0.3 is 4.57 Å². The Morgan fingerprint density at radius 3 is 2.69 bits per heavy atom. The van der Waals surface area contributed by atoms with E-state index >= 15 is 0 Å². The minimum Gasteiger partial charge on any atom is -0.306 e. The molecule has 0 radical (unpaired) electrons. The third-order valence-corrected chi connectivity index (χ3v) is 1.48. The average molecular weight is 184 g/mol. The molecule has 1 aromatic heterocycles. The van der Waals surface area contributed by atoms with Gasteiger partial charge in [0.25, 0.3) is 5.69 Å². The Morgan fingerprint density at radius 2 is 2.23 bits per heavy atom. The van der Waals surface area contributed by atoms with Crippen LogP contribution in [0.1, 0.15) is 0 Å². The average Bonchev–Trinajstić information content (AvgIpc) is 2.09. The predicted octanol–water partition coefficient (Wildman–Crippen LogP) is -1.23. The number of aromatic nitrogens is 1. The fourth-order valence-electron chi connectivity index (χ4n) is 0.881. The van der Waals surface area contributed by atoms with Crippen LogP contribution in [0.25, 0.3) is 0 Å². The monoisotopic (exact) mass is 184 g/mol. The Balaban J connectivity index is 3.51. The van der Waals surface area contributed by atoms with E-state index in [9.17, 15) is 19.8 Å². The quantitative estimate of drug-likeness (QED) is 0.459. The highest BCUT2D eigenvalue weighted by Crippen LogP contribution is 2.06. The fourth-order valence-corrected chi connectivity index (χ4v) is 0.881. The van der Waals surface area contributed by atoms with Gasteiger partial charge in [0.2, 0.25) is 0 Å². The van der Waals surface area contributed by atoms with E-state index < -0.39 is 16.2 Å². The number of nitroso groups, excluding NO2 is 1. The molecule has 7 heteroatoms. The minimum absolute atomic E-state index is 0.0196. The molecule has 68 valence electrons. The highest BCUT2D eigenvalue weighted by atomic mass is 16.6. The van der Waals surface area contributed by atoms with Crippen molar-refractivity contribution in [2.45, 2.75) is 0 Å². The van der Waals surface area contributed by atoms with E-state index in [0.29, 0.717) is 0 Å². The van der Waals surface area contributed by atoms with Gasteiger partial charge in [-0.3, -0.25) is 14.9 Å². The lowest BCUT2D eigenvalue weighted by Gasteiger charge is -1.94. The normalized spacial score (nSPS) is 9.62. The summed E-state index contributed by atoms with van der Waals surface area (Å²) < 4.78 is 0.971. The Hall–Kier alpha value is -2.05. The lowest BCUT2D eigenvalue weighted by atomic mass is 10.4. The van der Waals surface area contributed by atoms with Gasteiger partial charge >= 0.3 is 11.2 Å². The number of pyridine rings is 1. The molecule has 0 unspecified atom stereocenters. The van der Waals surface area contributed by atoms with Crippen LogP contribution in [-0.2, 0) is 7.05 Å². The third-order valence-electron chi connectivity index (χ3n) is 1.48. The van der Waals surface area contributed by atoms with Crippen LogP contribution in [0.5, 0.6) is 0 Å². The molecule has 0 aromatic carbocycles. The number of rotatable bonds is 2. The Bertz CT molecular complexity index is 422. The number of nitrogens with one attached hydrogen (secondary N) is 1. The van der Waals surface area contributed by atoms with E-state index in [1.807, 2.05) is 0 Å². The SMILES string of the molecule is Cn1cc([NH+]=O)cc([N+](=O)[O-])c1=O. The molecule has 0 spiro atoms. The summed E-state index contributed by atoms with van der Waals surface area (Å²) in [7, 11) is 1.33. The van der Waals surface area contributed by atoms with Gasteiger partial charge in [-0.15, -0.1) is 0 Å². The van der Waals surface area contributed by atoms with Crippen LogP contribution < -0.4 is 10.7 Å². The van der Waals surface area contributed by atoms with Crippen molar-refractivity contribution in [2.24, 2.45) is 7.05 Å². The molecule has 0 aliphatic rings. The molecule has 0 fully saturated rings. The summed E-state index contributed by atoms with van der Waals surface area (Å²) in [5.74, 6) is 0. The van der Waals surface area contributed by atoms with Crippen molar-refractivity contribution < 1.29 is 10.1 Å². The summed E-state index contributed by atoms with van der Waals surface area (Å²) in [6.45, 7) is 0. The first-order valence-electron chi connectivity index (χ1n) is 3.29. The smallest absolute Gasteiger partial charge is 0.306 e. The van der Waals surface area contributed by atoms with E-state index in [1.165, 1.54) is 18.4 Å². The van der Waals surface area contributed by atoms with Crippen LogP contribution in [0.3, 0.4) is 0 Å². The summed E-state index contributed by atoms with van der Waals surface area (Å²) in [4.78, 5) is 30.7. The largest absolute Gasteiger partial charge is 0.340 e. The lowest BCUT2D eigenvalue weighted by molar-refractivity contribution is -0.393. The highest BCUT2D eigenvalue weighted by Gasteiger charge is 2.17. The molecule has 0 atom stereocenters. The van der Waals surface area contributed by atoms with Gasteiger partial charge in [0.15, 0.2) is 0 Å². The number of hydrogen-bond acceptors (Lipinski definition) is 4. The van der Waals surface area contributed by atoms with Gasteiger partial charge in [0, 0.05) is 17.1 Å². The topological polar surface area (TPSA) is 96.2 Å². The first-order valence-corrected chi connectivity index (χ1v) is 3.29. The third kappa shape index (κ3) is 1.58. The highest BCUT2D eigenvalue weighted by molar-refractivity contribution is 5.38. The van der Waals surface area contributed by atoms with Gasteiger partial charge in [-0.25, -0.2) is 0 Å². The van der Waals surface area contributed by atoms with E-state index in [-0.39, 0.29) is 5.69 Å². The van der Waals surface area contributed by atoms with Gasteiger partial charge in [-0.1, -0.05) is 0 Å². The van der Waals surface area contributed by atoms with Crippen molar-refractivity contribution in [1.29, 1.82) is 0 Å². The molecule has 1 rings (SSSR count). The van der Waals surface area contributed by atoms with Crippen molar-refractivity contribution in [2.75, 3.05) is 0 Å². The van der Waals surface area contributed by atoms with Crippen molar-refractivity contribution in [3.05, 3.63) is 37.6 Å². The summed E-state index contributed by atoms with van der Waals surface area (Å²) in [5.41, 5.74) is -1.39. The molecule has 1 aromatic rings. The first-order chi connectivity index (χ1) is 6.06. The Morgan fingerprint density at radius 1 is 1.62 bits per heavy atom. The molecule has 0 bridgehead atoms. The van der Waals surface area contributed by atoms with E-state index in [1.54, 1.807) is 0 Å². The van der Waals surface area contributed by atoms with Crippen LogP contribution in [0, 0.1) is 15.0 Å². The Labute approximate surface area is 71.7 Å². The molecule has 1 heterocycles. The maximum atomic E-state index is 11.1. The Kier molecular flexibility index (Phi) is 2.18. The van der Waals surface area contributed by atoms with Crippen molar-refractivity contribution in [3.63, 3.8) is 0 Å². The second-order valence-corrected chi connectivity index (χ2v) is 2.39. The lowest BCUT2D eigenvalue weighted by Crippen LogP contribution is -2.56. The number of nitro groups is 1. The van der Waals surface area contributed by atoms with Crippen molar-refractivity contribution >= 4 is 11.4 Å². The van der Waals surface area contributed by atoms with E-state index in [0.717, 1.165) is 10.6 Å². The van der Waals surface area contributed by atoms with E-state index in [2.05, 4.69) is 0 Å². The van der Waals surface area contributed by atoms with Crippen LogP contribution in [0.4, 0.5) is 11.4 Å².